The molecule has 144 valence electrons. The van der Waals surface area contributed by atoms with Crippen LogP contribution in [0.2, 0.25) is 0 Å². The third kappa shape index (κ3) is 3.71. The van der Waals surface area contributed by atoms with E-state index >= 15 is 0 Å². The summed E-state index contributed by atoms with van der Waals surface area (Å²) in [6, 6.07) is 14.1. The van der Waals surface area contributed by atoms with Crippen molar-refractivity contribution in [2.45, 2.75) is 17.2 Å². The van der Waals surface area contributed by atoms with Crippen LogP contribution < -0.4 is 5.32 Å². The van der Waals surface area contributed by atoms with Crippen molar-refractivity contribution in [1.29, 1.82) is 0 Å². The lowest BCUT2D eigenvalue weighted by molar-refractivity contribution is 0.102. The lowest BCUT2D eigenvalue weighted by Crippen LogP contribution is -2.35. The Morgan fingerprint density at radius 3 is 2.57 bits per heavy atom. The number of benzene rings is 2. The van der Waals surface area contributed by atoms with E-state index in [1.165, 1.54) is 39.9 Å². The van der Waals surface area contributed by atoms with Gasteiger partial charge in [-0.3, -0.25) is 4.79 Å². The van der Waals surface area contributed by atoms with Gasteiger partial charge in [-0.05, 0) is 65.4 Å². The number of fused-ring (bicyclic) bond motifs is 1. The second-order valence-electron chi connectivity index (χ2n) is 6.47. The Balaban J connectivity index is 1.54. The van der Waals surface area contributed by atoms with Crippen LogP contribution in [0.15, 0.2) is 64.2 Å². The van der Waals surface area contributed by atoms with Crippen LogP contribution in [0.1, 0.15) is 21.5 Å². The van der Waals surface area contributed by atoms with Crippen LogP contribution in [0.3, 0.4) is 0 Å². The van der Waals surface area contributed by atoms with Gasteiger partial charge in [0, 0.05) is 24.3 Å². The first kappa shape index (κ1) is 18.8. The van der Waals surface area contributed by atoms with Crippen LogP contribution in [0.4, 0.5) is 10.1 Å². The zero-order valence-corrected chi connectivity index (χ0v) is 16.4. The minimum absolute atomic E-state index is 0.260. The van der Waals surface area contributed by atoms with E-state index in [0.717, 1.165) is 11.1 Å². The van der Waals surface area contributed by atoms with Crippen LogP contribution in [0.25, 0.3) is 0 Å². The van der Waals surface area contributed by atoms with Gasteiger partial charge in [-0.15, -0.1) is 11.3 Å². The summed E-state index contributed by atoms with van der Waals surface area (Å²) in [6.45, 7) is 0.685. The van der Waals surface area contributed by atoms with Crippen LogP contribution >= 0.6 is 11.3 Å². The smallest absolute Gasteiger partial charge is 0.255 e. The summed E-state index contributed by atoms with van der Waals surface area (Å²) in [5, 5.41) is 4.53. The molecule has 1 amide bonds. The number of carbonyl (C=O) groups excluding carboxylic acids is 1. The monoisotopic (exact) mass is 416 g/mol. The zero-order chi connectivity index (χ0) is 19.7. The third-order valence-corrected chi connectivity index (χ3v) is 7.86. The molecule has 2 heterocycles. The number of sulfonamides is 1. The SMILES string of the molecule is O=C(Nc1ccc2c(c1)CN(S(=O)(=O)c1cccs1)CC2)c1ccc(F)cc1. The van der Waals surface area contributed by atoms with Gasteiger partial charge in [0.15, 0.2) is 0 Å². The second-order valence-corrected chi connectivity index (χ2v) is 9.58. The maximum Gasteiger partial charge on any atom is 0.255 e. The highest BCUT2D eigenvalue weighted by molar-refractivity contribution is 7.91. The molecule has 0 bridgehead atoms. The first-order valence-corrected chi connectivity index (χ1v) is 11.0. The highest BCUT2D eigenvalue weighted by Gasteiger charge is 2.29. The molecule has 0 unspecified atom stereocenters. The van der Waals surface area contributed by atoms with E-state index in [4.69, 9.17) is 0 Å². The predicted octanol–water partition coefficient (Wildman–Crippen LogP) is 3.89. The molecule has 2 aromatic carbocycles. The van der Waals surface area contributed by atoms with Gasteiger partial charge in [-0.2, -0.15) is 4.31 Å². The minimum Gasteiger partial charge on any atom is -0.322 e. The molecule has 0 radical (unpaired) electrons. The summed E-state index contributed by atoms with van der Waals surface area (Å²) in [5.74, 6) is -0.754. The molecule has 0 saturated carbocycles. The van der Waals surface area contributed by atoms with E-state index in [2.05, 4.69) is 5.32 Å². The Kier molecular flexibility index (Phi) is 5.01. The van der Waals surface area contributed by atoms with Gasteiger partial charge in [0.2, 0.25) is 0 Å². The molecule has 1 aliphatic rings. The van der Waals surface area contributed by atoms with Crippen LogP contribution in [-0.2, 0) is 23.0 Å². The second kappa shape index (κ2) is 7.46. The predicted molar refractivity (Wildman–Crippen MR) is 106 cm³/mol. The van der Waals surface area contributed by atoms with Crippen molar-refractivity contribution in [3.63, 3.8) is 0 Å². The summed E-state index contributed by atoms with van der Waals surface area (Å²) < 4.78 is 40.3. The van der Waals surface area contributed by atoms with Crippen LogP contribution in [0, 0.1) is 5.82 Å². The summed E-state index contributed by atoms with van der Waals surface area (Å²) in [5.41, 5.74) is 2.85. The molecule has 3 aromatic rings. The van der Waals surface area contributed by atoms with Crippen molar-refractivity contribution in [1.82, 2.24) is 4.31 Å². The Labute approximate surface area is 166 Å². The number of nitrogens with one attached hydrogen (secondary N) is 1. The fourth-order valence-electron chi connectivity index (χ4n) is 3.16. The maximum atomic E-state index is 13.0. The number of rotatable bonds is 4. The number of amides is 1. The van der Waals surface area contributed by atoms with E-state index in [-0.39, 0.29) is 12.5 Å². The Hall–Kier alpha value is -2.55. The molecule has 0 atom stereocenters. The summed E-state index contributed by atoms with van der Waals surface area (Å²) in [7, 11) is -3.52. The average molecular weight is 416 g/mol. The van der Waals surface area contributed by atoms with Gasteiger partial charge >= 0.3 is 0 Å². The number of anilines is 1. The molecular weight excluding hydrogens is 399 g/mol. The summed E-state index contributed by atoms with van der Waals surface area (Å²) in [6.07, 6.45) is 0.617. The zero-order valence-electron chi connectivity index (χ0n) is 14.8. The van der Waals surface area contributed by atoms with E-state index in [1.807, 2.05) is 6.07 Å². The van der Waals surface area contributed by atoms with Gasteiger partial charge in [0.1, 0.15) is 10.0 Å². The Morgan fingerprint density at radius 2 is 1.86 bits per heavy atom. The van der Waals surface area contributed by atoms with Gasteiger partial charge in [0.25, 0.3) is 15.9 Å². The van der Waals surface area contributed by atoms with Crippen LogP contribution in [0.5, 0.6) is 0 Å². The van der Waals surface area contributed by atoms with Gasteiger partial charge in [-0.25, -0.2) is 12.8 Å². The third-order valence-electron chi connectivity index (χ3n) is 4.64. The number of hydrogen-bond donors (Lipinski definition) is 1. The molecule has 1 aliphatic heterocycles. The fraction of sp³-hybridized carbons (Fsp3) is 0.150. The fourth-order valence-corrected chi connectivity index (χ4v) is 5.72. The van der Waals surface area contributed by atoms with Gasteiger partial charge in [0.05, 0.1) is 0 Å². The first-order valence-electron chi connectivity index (χ1n) is 8.66. The average Bonchev–Trinajstić information content (AvgIpc) is 3.23. The van der Waals surface area contributed by atoms with Crippen molar-refractivity contribution < 1.29 is 17.6 Å². The lowest BCUT2D eigenvalue weighted by Gasteiger charge is -2.28. The molecule has 1 aromatic heterocycles. The van der Waals surface area contributed by atoms with Crippen molar-refractivity contribution in [3.05, 3.63) is 82.5 Å². The Morgan fingerprint density at radius 1 is 1.07 bits per heavy atom. The standard InChI is InChI=1S/C20H17FN2O3S2/c21-17-6-3-15(4-7-17)20(24)22-18-8-5-14-9-10-23(13-16(14)12-18)28(25,26)19-2-1-11-27-19/h1-8,11-12H,9-10,13H2,(H,22,24). The molecule has 28 heavy (non-hydrogen) atoms. The molecular formula is C20H17FN2O3S2. The van der Waals surface area contributed by atoms with E-state index in [1.54, 1.807) is 29.6 Å². The van der Waals surface area contributed by atoms with Crippen molar-refractivity contribution >= 4 is 33.0 Å². The number of nitrogens with zero attached hydrogens (tertiary/aromatic N) is 1. The molecule has 0 saturated heterocycles. The molecule has 0 aliphatic carbocycles. The molecule has 4 rings (SSSR count). The number of hydrogen-bond acceptors (Lipinski definition) is 4. The van der Waals surface area contributed by atoms with E-state index < -0.39 is 15.8 Å². The summed E-state index contributed by atoms with van der Waals surface area (Å²) >= 11 is 1.20. The van der Waals surface area contributed by atoms with Gasteiger partial charge in [-0.1, -0.05) is 12.1 Å². The van der Waals surface area contributed by atoms with Crippen LogP contribution in [-0.4, -0.2) is 25.2 Å². The van der Waals surface area contributed by atoms with E-state index in [9.17, 15) is 17.6 Å². The van der Waals surface area contributed by atoms with Crippen molar-refractivity contribution in [3.8, 4) is 0 Å². The quantitative estimate of drug-likeness (QED) is 0.702. The number of carbonyl (C=O) groups is 1. The normalized spacial score (nSPS) is 14.5. The Bertz CT molecular complexity index is 1110. The molecule has 8 heteroatoms. The lowest BCUT2D eigenvalue weighted by atomic mass is 10.0. The molecule has 0 fully saturated rings. The number of thiophene rings is 1. The minimum atomic E-state index is -3.52. The van der Waals surface area contributed by atoms with Crippen molar-refractivity contribution in [2.24, 2.45) is 0 Å². The maximum absolute atomic E-state index is 13.0. The van der Waals surface area contributed by atoms with E-state index in [0.29, 0.717) is 28.4 Å². The first-order chi connectivity index (χ1) is 13.4. The topological polar surface area (TPSA) is 66.5 Å². The number of halogens is 1. The van der Waals surface area contributed by atoms with Crippen molar-refractivity contribution in [2.75, 3.05) is 11.9 Å². The summed E-state index contributed by atoms with van der Waals surface area (Å²) in [4.78, 5) is 12.3. The molecule has 5 nitrogen and oxygen atoms in total. The highest BCUT2D eigenvalue weighted by atomic mass is 32.2. The molecule has 0 spiro atoms. The molecule has 1 N–H and O–H groups in total. The largest absolute Gasteiger partial charge is 0.322 e. The highest BCUT2D eigenvalue weighted by Crippen LogP contribution is 2.28. The van der Waals surface area contributed by atoms with Gasteiger partial charge < -0.3 is 5.32 Å².